The molecule has 3 atom stereocenters. The largest absolute Gasteiger partial charge is 0.465 e. The highest BCUT2D eigenvalue weighted by molar-refractivity contribution is 8.14. The number of ether oxygens (including phenoxy) is 1. The number of hydrogen-bond donors (Lipinski definition) is 2. The van der Waals surface area contributed by atoms with Gasteiger partial charge in [-0.1, -0.05) is 31.4 Å². The van der Waals surface area contributed by atoms with Crippen molar-refractivity contribution >= 4 is 36.8 Å². The van der Waals surface area contributed by atoms with E-state index in [1.807, 2.05) is 6.92 Å². The van der Waals surface area contributed by atoms with Crippen molar-refractivity contribution < 1.29 is 19.0 Å². The van der Waals surface area contributed by atoms with Crippen molar-refractivity contribution in [2.75, 3.05) is 19.1 Å². The second-order valence-corrected chi connectivity index (χ2v) is 15.5. The summed E-state index contributed by atoms with van der Waals surface area (Å²) in [5.74, 6) is -0.492. The molecule has 0 saturated heterocycles. The van der Waals surface area contributed by atoms with Gasteiger partial charge in [0.15, 0.2) is 5.17 Å². The number of rotatable bonds is 6. The molecule has 1 amide bonds. The van der Waals surface area contributed by atoms with E-state index < -0.39 is 25.7 Å². The van der Waals surface area contributed by atoms with Crippen LogP contribution in [0.25, 0.3) is 0 Å². The van der Waals surface area contributed by atoms with Crippen LogP contribution >= 0.6 is 11.8 Å². The minimum Gasteiger partial charge on any atom is -0.465 e. The van der Waals surface area contributed by atoms with Crippen LogP contribution in [-0.4, -0.2) is 52.9 Å². The molecule has 28 heavy (non-hydrogen) atoms. The van der Waals surface area contributed by atoms with Gasteiger partial charge in [0.1, 0.15) is 6.73 Å². The molecule has 10 heteroatoms. The summed E-state index contributed by atoms with van der Waals surface area (Å²) in [5.41, 5.74) is 5.57. The monoisotopic (exact) mass is 426 g/mol. The fraction of sp³-hybridized carbons (Fsp3) is 0.611. The number of carbonyl (C=O) groups is 1. The minimum absolute atomic E-state index is 0.0865. The average Bonchev–Trinajstić information content (AvgIpc) is 3.36. The molecule has 0 bridgehead atoms. The van der Waals surface area contributed by atoms with E-state index in [-0.39, 0.29) is 17.9 Å². The number of nitrogens with zero attached hydrogens (tertiary/aromatic N) is 3. The Morgan fingerprint density at radius 2 is 2.25 bits per heavy atom. The molecule has 1 aliphatic heterocycles. The molecule has 0 radical (unpaired) electrons. The predicted molar refractivity (Wildman–Crippen MR) is 112 cm³/mol. The Kier molecular flexibility index (Phi) is 5.75. The quantitative estimate of drug-likeness (QED) is 0.310. The van der Waals surface area contributed by atoms with Crippen LogP contribution in [0.3, 0.4) is 0 Å². The molecule has 2 heterocycles. The Morgan fingerprint density at radius 1 is 1.54 bits per heavy atom. The highest BCUT2D eigenvalue weighted by Crippen LogP contribution is 2.58. The highest BCUT2D eigenvalue weighted by Gasteiger charge is 2.57. The maximum absolute atomic E-state index is 14.4. The molecule has 3 N–H and O–H groups in total. The highest BCUT2D eigenvalue weighted by atomic mass is 32.2. The molecule has 2 aliphatic rings. The number of fused-ring (bicyclic) bond motifs is 1. The van der Waals surface area contributed by atoms with Crippen LogP contribution in [0.5, 0.6) is 0 Å². The van der Waals surface area contributed by atoms with Crippen LogP contribution < -0.4 is 5.73 Å². The van der Waals surface area contributed by atoms with Gasteiger partial charge in [-0.05, 0) is 25.5 Å². The van der Waals surface area contributed by atoms with E-state index in [2.05, 4.69) is 29.6 Å². The predicted octanol–water partition coefficient (Wildman–Crippen LogP) is 3.80. The number of aliphatic imine (C=N–C) groups is 1. The topological polar surface area (TPSA) is 101 Å². The SMILES string of the molecule is C[C@]1(c2cc(N)cnc2F)N=C(N(COCC[Si](C)(C)C)C(=O)O)S[C@H]2C[C@H]21. The number of aromatic nitrogens is 1. The van der Waals surface area contributed by atoms with Gasteiger partial charge in [0.25, 0.3) is 0 Å². The summed E-state index contributed by atoms with van der Waals surface area (Å²) in [4.78, 5) is 21.3. The summed E-state index contributed by atoms with van der Waals surface area (Å²) < 4.78 is 20.1. The van der Waals surface area contributed by atoms with E-state index in [4.69, 9.17) is 10.5 Å². The third-order valence-corrected chi connectivity index (χ3v) is 8.17. The Bertz CT molecular complexity index is 804. The van der Waals surface area contributed by atoms with E-state index in [9.17, 15) is 14.3 Å². The zero-order chi connectivity index (χ0) is 20.7. The zero-order valence-corrected chi connectivity index (χ0v) is 18.4. The molecular formula is C18H27FN4O3SSi. The second-order valence-electron chi connectivity index (χ2n) is 8.71. The number of hydrogen-bond acceptors (Lipinski definition) is 6. The van der Waals surface area contributed by atoms with Crippen LogP contribution in [0.15, 0.2) is 17.3 Å². The lowest BCUT2D eigenvalue weighted by molar-refractivity contribution is 0.0702. The average molecular weight is 427 g/mol. The number of nitrogens with two attached hydrogens (primary N) is 1. The maximum Gasteiger partial charge on any atom is 0.415 e. The summed E-state index contributed by atoms with van der Waals surface area (Å²) in [5, 5.41) is 10.2. The lowest BCUT2D eigenvalue weighted by Gasteiger charge is -2.33. The molecule has 1 saturated carbocycles. The van der Waals surface area contributed by atoms with Gasteiger partial charge in [-0.15, -0.1) is 0 Å². The summed E-state index contributed by atoms with van der Waals surface area (Å²) in [7, 11) is -1.27. The lowest BCUT2D eigenvalue weighted by Crippen LogP contribution is -2.41. The van der Waals surface area contributed by atoms with E-state index in [0.717, 1.165) is 17.4 Å². The lowest BCUT2D eigenvalue weighted by atomic mass is 9.88. The maximum atomic E-state index is 14.4. The first-order chi connectivity index (χ1) is 13.0. The molecule has 7 nitrogen and oxygen atoms in total. The third kappa shape index (κ3) is 4.49. The van der Waals surface area contributed by atoms with E-state index in [1.165, 1.54) is 18.0 Å². The number of carboxylic acid groups (broad SMARTS) is 1. The summed E-state index contributed by atoms with van der Waals surface area (Å²) >= 11 is 1.42. The number of anilines is 1. The Morgan fingerprint density at radius 3 is 2.89 bits per heavy atom. The number of amidine groups is 1. The fourth-order valence-corrected chi connectivity index (χ4v) is 5.53. The van der Waals surface area contributed by atoms with Gasteiger partial charge in [0.2, 0.25) is 5.95 Å². The van der Waals surface area contributed by atoms with Gasteiger partial charge in [0, 0.05) is 31.4 Å². The third-order valence-electron chi connectivity index (χ3n) is 5.12. The number of nitrogen functional groups attached to an aromatic ring is 1. The zero-order valence-electron chi connectivity index (χ0n) is 16.6. The van der Waals surface area contributed by atoms with Gasteiger partial charge in [-0.2, -0.15) is 4.39 Å². The van der Waals surface area contributed by atoms with Gasteiger partial charge >= 0.3 is 6.09 Å². The first-order valence-electron chi connectivity index (χ1n) is 9.27. The fourth-order valence-electron chi connectivity index (χ4n) is 3.27. The van der Waals surface area contributed by atoms with Gasteiger partial charge in [-0.25, -0.2) is 14.7 Å². The van der Waals surface area contributed by atoms with E-state index in [1.54, 1.807) is 6.07 Å². The Hall–Kier alpha value is -1.65. The van der Waals surface area contributed by atoms with Crippen molar-refractivity contribution in [3.8, 4) is 0 Å². The Labute approximate surface area is 169 Å². The summed E-state index contributed by atoms with van der Waals surface area (Å²) in [6.45, 7) is 8.95. The molecular weight excluding hydrogens is 399 g/mol. The van der Waals surface area contributed by atoms with Crippen molar-refractivity contribution in [3.05, 3.63) is 23.8 Å². The molecule has 1 aliphatic carbocycles. The van der Waals surface area contributed by atoms with Crippen molar-refractivity contribution in [2.45, 2.75) is 49.8 Å². The number of thioether (sulfide) groups is 1. The summed E-state index contributed by atoms with van der Waals surface area (Å²) in [6.07, 6.45) is 0.976. The first-order valence-corrected chi connectivity index (χ1v) is 13.9. The van der Waals surface area contributed by atoms with E-state index >= 15 is 0 Å². The van der Waals surface area contributed by atoms with Gasteiger partial charge in [-0.3, -0.25) is 4.99 Å². The van der Waals surface area contributed by atoms with Gasteiger partial charge in [0.05, 0.1) is 17.4 Å². The number of halogens is 1. The van der Waals surface area contributed by atoms with Gasteiger partial charge < -0.3 is 15.6 Å². The smallest absolute Gasteiger partial charge is 0.415 e. The van der Waals surface area contributed by atoms with Crippen molar-refractivity contribution in [1.82, 2.24) is 9.88 Å². The molecule has 0 aromatic carbocycles. The molecule has 1 aromatic heterocycles. The van der Waals surface area contributed by atoms with Crippen molar-refractivity contribution in [3.63, 3.8) is 0 Å². The standard InChI is InChI=1S/C18H27FN4O3SSi/c1-18(13-7-11(20)9-21-15(13)19)12-8-14(12)27-16(22-18)23(17(24)25)10-26-5-6-28(2,3)4/h7,9,12,14H,5-6,8,10,20H2,1-4H3,(H,24,25)/t12-,14+,18+/m1/s1. The summed E-state index contributed by atoms with van der Waals surface area (Å²) in [6, 6.07) is 2.49. The number of amides is 1. The molecule has 154 valence electrons. The molecule has 0 unspecified atom stereocenters. The van der Waals surface area contributed by atoms with Crippen LogP contribution in [0.2, 0.25) is 25.7 Å². The van der Waals surface area contributed by atoms with Crippen LogP contribution in [0.4, 0.5) is 14.9 Å². The molecule has 0 spiro atoms. The van der Waals surface area contributed by atoms with E-state index in [0.29, 0.717) is 23.0 Å². The molecule has 1 fully saturated rings. The number of pyridine rings is 1. The molecule has 3 rings (SSSR count). The van der Waals surface area contributed by atoms with Crippen LogP contribution in [0.1, 0.15) is 18.9 Å². The molecule has 1 aromatic rings. The van der Waals surface area contributed by atoms with Crippen molar-refractivity contribution in [2.24, 2.45) is 10.9 Å². The van der Waals surface area contributed by atoms with Crippen LogP contribution in [0, 0.1) is 11.9 Å². The second kappa shape index (κ2) is 7.64. The normalized spacial score (nSPS) is 26.4. The van der Waals surface area contributed by atoms with Crippen molar-refractivity contribution in [1.29, 1.82) is 0 Å². The first kappa shape index (κ1) is 21.1. The minimum atomic E-state index is -1.27. The Balaban J connectivity index is 1.83. The van der Waals surface area contributed by atoms with Crippen LogP contribution in [-0.2, 0) is 10.3 Å².